The van der Waals surface area contributed by atoms with Gasteiger partial charge in [0.05, 0.1) is 5.02 Å². The number of halogens is 2. The Kier molecular flexibility index (Phi) is 5.23. The molecule has 3 unspecified atom stereocenters. The molecule has 3 heteroatoms. The molecular weight excluding hydrogens is 261 g/mol. The summed E-state index contributed by atoms with van der Waals surface area (Å²) < 4.78 is 14.3. The summed E-state index contributed by atoms with van der Waals surface area (Å²) in [7, 11) is 0. The van der Waals surface area contributed by atoms with Gasteiger partial charge in [0.2, 0.25) is 0 Å². The zero-order chi connectivity index (χ0) is 13.8. The van der Waals surface area contributed by atoms with Crippen LogP contribution in [0.5, 0.6) is 0 Å². The molecule has 19 heavy (non-hydrogen) atoms. The molecule has 0 bridgehead atoms. The topological polar surface area (TPSA) is 12.0 Å². The highest BCUT2D eigenvalue weighted by atomic mass is 35.5. The van der Waals surface area contributed by atoms with Crippen LogP contribution >= 0.6 is 11.6 Å². The predicted molar refractivity (Wildman–Crippen MR) is 78.9 cm³/mol. The lowest BCUT2D eigenvalue weighted by Gasteiger charge is -2.34. The number of rotatable bonds is 4. The zero-order valence-electron chi connectivity index (χ0n) is 11.8. The summed E-state index contributed by atoms with van der Waals surface area (Å²) in [5.74, 6) is 0.993. The molecule has 0 radical (unpaired) electrons. The highest BCUT2D eigenvalue weighted by molar-refractivity contribution is 6.30. The first kappa shape index (κ1) is 14.8. The summed E-state index contributed by atoms with van der Waals surface area (Å²) >= 11 is 5.92. The van der Waals surface area contributed by atoms with Crippen molar-refractivity contribution in [3.8, 4) is 0 Å². The largest absolute Gasteiger partial charge is 0.310 e. The maximum absolute atomic E-state index is 14.3. The van der Waals surface area contributed by atoms with Crippen molar-refractivity contribution >= 4 is 11.6 Å². The first-order valence-electron chi connectivity index (χ1n) is 7.30. The molecule has 3 atom stereocenters. The van der Waals surface area contributed by atoms with E-state index in [0.29, 0.717) is 5.92 Å². The van der Waals surface area contributed by atoms with Crippen LogP contribution in [0.4, 0.5) is 4.39 Å². The summed E-state index contributed by atoms with van der Waals surface area (Å²) in [6.45, 7) is 5.21. The molecule has 0 aromatic heterocycles. The van der Waals surface area contributed by atoms with Gasteiger partial charge in [0, 0.05) is 11.6 Å². The summed E-state index contributed by atoms with van der Waals surface area (Å²) in [6, 6.07) is 5.42. The van der Waals surface area contributed by atoms with Gasteiger partial charge in [-0.25, -0.2) is 4.39 Å². The van der Waals surface area contributed by atoms with E-state index < -0.39 is 0 Å². The van der Waals surface area contributed by atoms with Gasteiger partial charge in [0.25, 0.3) is 0 Å². The second kappa shape index (κ2) is 6.71. The molecule has 1 aliphatic carbocycles. The number of hydrogen-bond donors (Lipinski definition) is 1. The molecule has 0 aliphatic heterocycles. The molecular formula is C16H23ClFN. The van der Waals surface area contributed by atoms with E-state index in [9.17, 15) is 4.39 Å². The normalized spacial score (nSPS) is 25.3. The molecule has 1 aromatic rings. The van der Waals surface area contributed by atoms with E-state index in [1.165, 1.54) is 25.7 Å². The smallest absolute Gasteiger partial charge is 0.146 e. The van der Waals surface area contributed by atoms with Crippen LogP contribution in [0.15, 0.2) is 18.2 Å². The molecule has 1 aliphatic rings. The molecule has 1 aromatic carbocycles. The highest BCUT2D eigenvalue weighted by Crippen LogP contribution is 2.38. The zero-order valence-corrected chi connectivity index (χ0v) is 12.5. The van der Waals surface area contributed by atoms with E-state index in [4.69, 9.17) is 11.6 Å². The third-order valence-electron chi connectivity index (χ3n) is 4.19. The Morgan fingerprint density at radius 1 is 1.42 bits per heavy atom. The fourth-order valence-electron chi connectivity index (χ4n) is 3.29. The molecule has 2 rings (SSSR count). The highest BCUT2D eigenvalue weighted by Gasteiger charge is 2.29. The van der Waals surface area contributed by atoms with Crippen LogP contribution in [0, 0.1) is 17.7 Å². The van der Waals surface area contributed by atoms with Crippen LogP contribution in [0.1, 0.15) is 51.1 Å². The van der Waals surface area contributed by atoms with Crippen molar-refractivity contribution < 1.29 is 4.39 Å². The summed E-state index contributed by atoms with van der Waals surface area (Å²) in [4.78, 5) is 0. The molecule has 0 saturated heterocycles. The van der Waals surface area contributed by atoms with Crippen molar-refractivity contribution in [1.82, 2.24) is 5.32 Å². The monoisotopic (exact) mass is 283 g/mol. The third kappa shape index (κ3) is 3.49. The molecule has 106 valence electrons. The molecule has 1 saturated carbocycles. The molecule has 0 heterocycles. The van der Waals surface area contributed by atoms with E-state index >= 15 is 0 Å². The lowest BCUT2D eigenvalue weighted by atomic mass is 9.76. The average molecular weight is 284 g/mol. The summed E-state index contributed by atoms with van der Waals surface area (Å²) in [5, 5.41) is 3.68. The van der Waals surface area contributed by atoms with Gasteiger partial charge in [0.1, 0.15) is 5.82 Å². The van der Waals surface area contributed by atoms with E-state index in [0.717, 1.165) is 18.0 Å². The first-order chi connectivity index (χ1) is 9.13. The first-order valence-corrected chi connectivity index (χ1v) is 7.68. The Bertz CT molecular complexity index is 421. The minimum Gasteiger partial charge on any atom is -0.310 e. The quantitative estimate of drug-likeness (QED) is 0.824. The Morgan fingerprint density at radius 3 is 2.89 bits per heavy atom. The van der Waals surface area contributed by atoms with E-state index in [1.807, 2.05) is 12.1 Å². The van der Waals surface area contributed by atoms with Crippen molar-refractivity contribution in [3.05, 3.63) is 34.6 Å². The Hall–Kier alpha value is -0.600. The molecule has 0 amide bonds. The van der Waals surface area contributed by atoms with E-state index in [-0.39, 0.29) is 16.9 Å². The fourth-order valence-corrected chi connectivity index (χ4v) is 3.48. The molecule has 1 N–H and O–H groups in total. The van der Waals surface area contributed by atoms with Gasteiger partial charge in [0.15, 0.2) is 0 Å². The number of nitrogens with one attached hydrogen (secondary N) is 1. The van der Waals surface area contributed by atoms with Gasteiger partial charge in [-0.05, 0) is 37.3 Å². The van der Waals surface area contributed by atoms with Crippen molar-refractivity contribution in [2.45, 2.75) is 45.6 Å². The minimum atomic E-state index is -0.256. The Morgan fingerprint density at radius 2 is 2.21 bits per heavy atom. The summed E-state index contributed by atoms with van der Waals surface area (Å²) in [6.07, 6.45) is 4.89. The van der Waals surface area contributed by atoms with E-state index in [2.05, 4.69) is 19.2 Å². The second-order valence-corrected chi connectivity index (χ2v) is 6.12. The van der Waals surface area contributed by atoms with Crippen molar-refractivity contribution in [1.29, 1.82) is 0 Å². The standard InChI is InChI=1S/C16H23ClFN/c1-3-19-16(12-7-4-6-11(2)10-12)13-8-5-9-14(17)15(13)18/h5,8-9,11-12,16,19H,3-4,6-7,10H2,1-2H3. The number of hydrogen-bond acceptors (Lipinski definition) is 1. The van der Waals surface area contributed by atoms with Gasteiger partial charge in [-0.15, -0.1) is 0 Å². The van der Waals surface area contributed by atoms with Gasteiger partial charge in [-0.2, -0.15) is 0 Å². The van der Waals surface area contributed by atoms with E-state index in [1.54, 1.807) is 6.07 Å². The maximum Gasteiger partial charge on any atom is 0.146 e. The van der Waals surface area contributed by atoms with Crippen LogP contribution in [-0.2, 0) is 0 Å². The molecule has 1 fully saturated rings. The third-order valence-corrected chi connectivity index (χ3v) is 4.48. The van der Waals surface area contributed by atoms with Crippen molar-refractivity contribution in [3.63, 3.8) is 0 Å². The summed E-state index contributed by atoms with van der Waals surface area (Å²) in [5.41, 5.74) is 0.730. The lowest BCUT2D eigenvalue weighted by molar-refractivity contribution is 0.222. The van der Waals surface area contributed by atoms with Crippen LogP contribution in [-0.4, -0.2) is 6.54 Å². The van der Waals surface area contributed by atoms with Crippen molar-refractivity contribution in [2.24, 2.45) is 11.8 Å². The van der Waals surface area contributed by atoms with Crippen LogP contribution in [0.3, 0.4) is 0 Å². The molecule has 0 spiro atoms. The van der Waals surface area contributed by atoms with Gasteiger partial charge < -0.3 is 5.32 Å². The SMILES string of the molecule is CCNC(c1cccc(Cl)c1F)C1CCCC(C)C1. The van der Waals surface area contributed by atoms with Crippen molar-refractivity contribution in [2.75, 3.05) is 6.54 Å². The Balaban J connectivity index is 2.26. The van der Waals surface area contributed by atoms with Crippen LogP contribution in [0.25, 0.3) is 0 Å². The number of benzene rings is 1. The van der Waals surface area contributed by atoms with Gasteiger partial charge in [-0.3, -0.25) is 0 Å². The average Bonchev–Trinajstić information content (AvgIpc) is 2.40. The van der Waals surface area contributed by atoms with Gasteiger partial charge in [-0.1, -0.05) is 50.4 Å². The van der Waals surface area contributed by atoms with Crippen LogP contribution < -0.4 is 5.32 Å². The Labute approximate surface area is 120 Å². The fraction of sp³-hybridized carbons (Fsp3) is 0.625. The maximum atomic E-state index is 14.3. The lowest BCUT2D eigenvalue weighted by Crippen LogP contribution is -2.32. The second-order valence-electron chi connectivity index (χ2n) is 5.71. The van der Waals surface area contributed by atoms with Gasteiger partial charge >= 0.3 is 0 Å². The predicted octanol–water partition coefficient (Wildman–Crippen LogP) is 4.96. The minimum absolute atomic E-state index is 0.0893. The van der Waals surface area contributed by atoms with Crippen LogP contribution in [0.2, 0.25) is 5.02 Å². The molecule has 1 nitrogen and oxygen atoms in total.